The standard InChI is InChI=1S/C20H25ClFN5O.HI/c1-23-20(25-13-15-2-7-19(21)24-12-15)26-14-18(27-8-10-28-11-9-27)16-3-5-17(22)6-4-16;/h2-7,12,18H,8-11,13-14H2,1H3,(H2,23,25,26);1H. The van der Waals surface area contributed by atoms with Gasteiger partial charge in [-0.05, 0) is 29.3 Å². The molecule has 2 heterocycles. The van der Waals surface area contributed by atoms with Gasteiger partial charge in [-0.1, -0.05) is 29.8 Å². The van der Waals surface area contributed by atoms with Gasteiger partial charge >= 0.3 is 0 Å². The Kier molecular flexibility index (Phi) is 10.1. The summed E-state index contributed by atoms with van der Waals surface area (Å²) in [5.41, 5.74) is 2.07. The zero-order chi connectivity index (χ0) is 19.8. The molecule has 0 saturated carbocycles. The number of guanidine groups is 1. The quantitative estimate of drug-likeness (QED) is 0.258. The van der Waals surface area contributed by atoms with Crippen LogP contribution in [0.3, 0.4) is 0 Å². The molecular formula is C20H26ClFIN5O. The first-order valence-corrected chi connectivity index (χ1v) is 9.65. The SMILES string of the molecule is CN=C(NCc1ccc(Cl)nc1)NCC(c1ccc(F)cc1)N1CCOCC1.I. The third-order valence-electron chi connectivity index (χ3n) is 4.68. The summed E-state index contributed by atoms with van der Waals surface area (Å²) >= 11 is 5.82. The lowest BCUT2D eigenvalue weighted by Gasteiger charge is -2.35. The van der Waals surface area contributed by atoms with Gasteiger partial charge in [0, 0.05) is 39.4 Å². The van der Waals surface area contributed by atoms with Crippen molar-refractivity contribution in [2.75, 3.05) is 39.9 Å². The molecule has 1 fully saturated rings. The lowest BCUT2D eigenvalue weighted by molar-refractivity contribution is 0.0170. The fourth-order valence-electron chi connectivity index (χ4n) is 3.14. The Hall–Kier alpha value is -1.49. The van der Waals surface area contributed by atoms with E-state index < -0.39 is 0 Å². The number of nitrogens with zero attached hydrogens (tertiary/aromatic N) is 3. The zero-order valence-corrected chi connectivity index (χ0v) is 19.4. The Morgan fingerprint density at radius 3 is 2.55 bits per heavy atom. The number of halogens is 3. The van der Waals surface area contributed by atoms with E-state index in [1.54, 1.807) is 19.3 Å². The number of aromatic nitrogens is 1. The van der Waals surface area contributed by atoms with Crippen LogP contribution >= 0.6 is 35.6 Å². The maximum atomic E-state index is 13.4. The Bertz CT molecular complexity index is 769. The molecule has 0 radical (unpaired) electrons. The lowest BCUT2D eigenvalue weighted by Crippen LogP contribution is -2.46. The summed E-state index contributed by atoms with van der Waals surface area (Å²) in [4.78, 5) is 10.7. The summed E-state index contributed by atoms with van der Waals surface area (Å²) in [6, 6.07) is 10.5. The van der Waals surface area contributed by atoms with E-state index in [-0.39, 0.29) is 35.8 Å². The molecule has 2 N–H and O–H groups in total. The number of ether oxygens (including phenoxy) is 1. The van der Waals surface area contributed by atoms with Crippen LogP contribution in [0.25, 0.3) is 0 Å². The zero-order valence-electron chi connectivity index (χ0n) is 16.3. The second-order valence-corrected chi connectivity index (χ2v) is 6.90. The van der Waals surface area contributed by atoms with Crippen molar-refractivity contribution in [1.82, 2.24) is 20.5 Å². The van der Waals surface area contributed by atoms with Gasteiger partial charge in [0.05, 0.1) is 19.3 Å². The summed E-state index contributed by atoms with van der Waals surface area (Å²) in [6.45, 7) is 4.31. The topological polar surface area (TPSA) is 61.8 Å². The summed E-state index contributed by atoms with van der Waals surface area (Å²) in [6.07, 6.45) is 1.73. The van der Waals surface area contributed by atoms with E-state index in [1.807, 2.05) is 18.2 Å². The molecule has 29 heavy (non-hydrogen) atoms. The van der Waals surface area contributed by atoms with E-state index >= 15 is 0 Å². The van der Waals surface area contributed by atoms with Gasteiger partial charge in [0.2, 0.25) is 0 Å². The van der Waals surface area contributed by atoms with Crippen LogP contribution in [0.1, 0.15) is 17.2 Å². The van der Waals surface area contributed by atoms with E-state index in [9.17, 15) is 4.39 Å². The predicted octanol–water partition coefficient (Wildman–Crippen LogP) is 3.23. The average Bonchev–Trinajstić information content (AvgIpc) is 2.73. The number of aliphatic imine (C=N–C) groups is 1. The molecule has 1 aliphatic rings. The number of hydrogen-bond acceptors (Lipinski definition) is 4. The number of rotatable bonds is 6. The molecule has 158 valence electrons. The van der Waals surface area contributed by atoms with Crippen molar-refractivity contribution >= 4 is 41.5 Å². The van der Waals surface area contributed by atoms with Crippen molar-refractivity contribution in [2.24, 2.45) is 4.99 Å². The maximum Gasteiger partial charge on any atom is 0.191 e. The largest absolute Gasteiger partial charge is 0.379 e. The second-order valence-electron chi connectivity index (χ2n) is 6.51. The molecule has 1 aliphatic heterocycles. The molecular weight excluding hydrogens is 508 g/mol. The molecule has 1 unspecified atom stereocenters. The fraction of sp³-hybridized carbons (Fsp3) is 0.400. The van der Waals surface area contributed by atoms with E-state index in [0.29, 0.717) is 37.4 Å². The van der Waals surface area contributed by atoms with E-state index in [2.05, 4.69) is 25.5 Å². The van der Waals surface area contributed by atoms with Crippen LogP contribution in [-0.4, -0.2) is 55.7 Å². The average molecular weight is 534 g/mol. The van der Waals surface area contributed by atoms with Crippen LogP contribution < -0.4 is 10.6 Å². The van der Waals surface area contributed by atoms with Crippen LogP contribution in [0.4, 0.5) is 4.39 Å². The highest BCUT2D eigenvalue weighted by molar-refractivity contribution is 14.0. The van der Waals surface area contributed by atoms with Crippen molar-refractivity contribution in [3.8, 4) is 0 Å². The molecule has 2 aromatic rings. The number of morpholine rings is 1. The molecule has 0 spiro atoms. The molecule has 0 aliphatic carbocycles. The van der Waals surface area contributed by atoms with Gasteiger partial charge in [-0.25, -0.2) is 9.37 Å². The van der Waals surface area contributed by atoms with Crippen molar-refractivity contribution < 1.29 is 9.13 Å². The van der Waals surface area contributed by atoms with Crippen molar-refractivity contribution in [3.05, 3.63) is 64.7 Å². The van der Waals surface area contributed by atoms with Crippen molar-refractivity contribution in [2.45, 2.75) is 12.6 Å². The normalized spacial score (nSPS) is 16.0. The van der Waals surface area contributed by atoms with Crippen molar-refractivity contribution in [1.29, 1.82) is 0 Å². The van der Waals surface area contributed by atoms with E-state index in [1.165, 1.54) is 12.1 Å². The molecule has 0 amide bonds. The van der Waals surface area contributed by atoms with Gasteiger partial charge < -0.3 is 15.4 Å². The third kappa shape index (κ3) is 7.36. The first kappa shape index (κ1) is 23.8. The molecule has 9 heteroatoms. The second kappa shape index (κ2) is 12.3. The highest BCUT2D eigenvalue weighted by Crippen LogP contribution is 2.21. The van der Waals surface area contributed by atoms with Gasteiger partial charge in [0.1, 0.15) is 11.0 Å². The first-order valence-electron chi connectivity index (χ1n) is 9.28. The van der Waals surface area contributed by atoms with Crippen LogP contribution in [-0.2, 0) is 11.3 Å². The molecule has 1 aromatic heterocycles. The predicted molar refractivity (Wildman–Crippen MR) is 124 cm³/mol. The number of hydrogen-bond donors (Lipinski definition) is 2. The molecule has 0 bridgehead atoms. The van der Waals surface area contributed by atoms with Gasteiger partial charge in [0.25, 0.3) is 0 Å². The van der Waals surface area contributed by atoms with Crippen molar-refractivity contribution in [3.63, 3.8) is 0 Å². The molecule has 1 atom stereocenters. The summed E-state index contributed by atoms with van der Waals surface area (Å²) < 4.78 is 18.8. The Balaban J connectivity index is 0.00000300. The fourth-order valence-corrected chi connectivity index (χ4v) is 3.25. The van der Waals surface area contributed by atoms with Gasteiger partial charge in [-0.3, -0.25) is 9.89 Å². The minimum absolute atomic E-state index is 0. The minimum Gasteiger partial charge on any atom is -0.379 e. The minimum atomic E-state index is -0.230. The van der Waals surface area contributed by atoms with Crippen LogP contribution in [0.5, 0.6) is 0 Å². The lowest BCUT2D eigenvalue weighted by atomic mass is 10.0. The highest BCUT2D eigenvalue weighted by atomic mass is 127. The Morgan fingerprint density at radius 2 is 1.93 bits per heavy atom. The maximum absolute atomic E-state index is 13.4. The number of pyridine rings is 1. The Labute approximate surface area is 192 Å². The van der Waals surface area contributed by atoms with Crippen LogP contribution in [0.15, 0.2) is 47.6 Å². The van der Waals surface area contributed by atoms with Gasteiger partial charge in [-0.2, -0.15) is 0 Å². The molecule has 1 saturated heterocycles. The summed E-state index contributed by atoms with van der Waals surface area (Å²) in [7, 11) is 1.73. The summed E-state index contributed by atoms with van der Waals surface area (Å²) in [5.74, 6) is 0.460. The number of benzene rings is 1. The van der Waals surface area contributed by atoms with E-state index in [4.69, 9.17) is 16.3 Å². The smallest absolute Gasteiger partial charge is 0.191 e. The van der Waals surface area contributed by atoms with Gasteiger partial charge in [-0.15, -0.1) is 24.0 Å². The third-order valence-corrected chi connectivity index (χ3v) is 4.90. The summed E-state index contributed by atoms with van der Waals surface area (Å²) in [5, 5.41) is 7.13. The van der Waals surface area contributed by atoms with Gasteiger partial charge in [0.15, 0.2) is 5.96 Å². The molecule has 6 nitrogen and oxygen atoms in total. The van der Waals surface area contributed by atoms with Crippen LogP contribution in [0.2, 0.25) is 5.15 Å². The number of nitrogens with one attached hydrogen (secondary N) is 2. The molecule has 3 rings (SSSR count). The van der Waals surface area contributed by atoms with Crippen LogP contribution in [0, 0.1) is 5.82 Å². The highest BCUT2D eigenvalue weighted by Gasteiger charge is 2.23. The monoisotopic (exact) mass is 533 g/mol. The Morgan fingerprint density at radius 1 is 1.21 bits per heavy atom. The van der Waals surface area contributed by atoms with E-state index in [0.717, 1.165) is 24.2 Å². The molecule has 1 aromatic carbocycles. The first-order chi connectivity index (χ1) is 13.7.